The summed E-state index contributed by atoms with van der Waals surface area (Å²) in [6.07, 6.45) is 1.77. The van der Waals surface area contributed by atoms with E-state index in [0.717, 1.165) is 18.0 Å². The summed E-state index contributed by atoms with van der Waals surface area (Å²) in [6.45, 7) is 7.01. The number of hydrogen-bond donors (Lipinski definition) is 1. The summed E-state index contributed by atoms with van der Waals surface area (Å²) in [6, 6.07) is 14.6. The Kier molecular flexibility index (Phi) is 5.13. The number of rotatable bonds is 6. The SMILES string of the molecule is Cc1ncccc1OC(CNC(C)C)c1ccccc1. The predicted molar refractivity (Wildman–Crippen MR) is 81.9 cm³/mol. The van der Waals surface area contributed by atoms with Gasteiger partial charge in [-0.05, 0) is 24.6 Å². The molecule has 1 heterocycles. The van der Waals surface area contributed by atoms with Gasteiger partial charge in [0, 0.05) is 18.8 Å². The normalized spacial score (nSPS) is 12.4. The van der Waals surface area contributed by atoms with E-state index in [2.05, 4.69) is 36.3 Å². The molecule has 0 bridgehead atoms. The van der Waals surface area contributed by atoms with E-state index < -0.39 is 0 Å². The molecular weight excluding hydrogens is 248 g/mol. The van der Waals surface area contributed by atoms with Crippen molar-refractivity contribution in [1.29, 1.82) is 0 Å². The Morgan fingerprint density at radius 3 is 2.50 bits per heavy atom. The molecule has 0 radical (unpaired) electrons. The molecule has 1 atom stereocenters. The van der Waals surface area contributed by atoms with Crippen molar-refractivity contribution < 1.29 is 4.74 Å². The zero-order chi connectivity index (χ0) is 14.4. The molecule has 1 aromatic carbocycles. The second-order valence-corrected chi connectivity index (χ2v) is 5.17. The molecule has 0 aliphatic heterocycles. The van der Waals surface area contributed by atoms with Gasteiger partial charge in [-0.15, -0.1) is 0 Å². The van der Waals surface area contributed by atoms with Gasteiger partial charge < -0.3 is 10.1 Å². The highest BCUT2D eigenvalue weighted by Gasteiger charge is 2.14. The Balaban J connectivity index is 2.16. The number of aryl methyl sites for hydroxylation is 1. The summed E-state index contributed by atoms with van der Waals surface area (Å²) < 4.78 is 6.16. The van der Waals surface area contributed by atoms with Gasteiger partial charge in [0.2, 0.25) is 0 Å². The lowest BCUT2D eigenvalue weighted by Crippen LogP contribution is -2.30. The predicted octanol–water partition coefficient (Wildman–Crippen LogP) is 3.51. The van der Waals surface area contributed by atoms with Gasteiger partial charge >= 0.3 is 0 Å². The van der Waals surface area contributed by atoms with E-state index >= 15 is 0 Å². The highest BCUT2D eigenvalue weighted by molar-refractivity contribution is 5.27. The van der Waals surface area contributed by atoms with Gasteiger partial charge in [-0.1, -0.05) is 44.2 Å². The molecule has 20 heavy (non-hydrogen) atoms. The smallest absolute Gasteiger partial charge is 0.141 e. The molecule has 0 saturated heterocycles. The van der Waals surface area contributed by atoms with Gasteiger partial charge in [0.25, 0.3) is 0 Å². The van der Waals surface area contributed by atoms with Gasteiger partial charge in [0.05, 0.1) is 5.69 Å². The van der Waals surface area contributed by atoms with Crippen LogP contribution in [-0.2, 0) is 0 Å². The summed E-state index contributed by atoms with van der Waals surface area (Å²) in [4.78, 5) is 4.28. The lowest BCUT2D eigenvalue weighted by Gasteiger charge is -2.22. The van der Waals surface area contributed by atoms with Crippen molar-refractivity contribution in [3.8, 4) is 5.75 Å². The monoisotopic (exact) mass is 270 g/mol. The molecule has 1 N–H and O–H groups in total. The van der Waals surface area contributed by atoms with E-state index in [0.29, 0.717) is 6.04 Å². The van der Waals surface area contributed by atoms with Crippen molar-refractivity contribution in [2.24, 2.45) is 0 Å². The molecule has 106 valence electrons. The largest absolute Gasteiger partial charge is 0.482 e. The van der Waals surface area contributed by atoms with Crippen molar-refractivity contribution >= 4 is 0 Å². The molecule has 3 nitrogen and oxygen atoms in total. The molecule has 0 amide bonds. The van der Waals surface area contributed by atoms with Gasteiger partial charge in [0.15, 0.2) is 0 Å². The first-order valence-corrected chi connectivity index (χ1v) is 7.03. The molecule has 3 heteroatoms. The van der Waals surface area contributed by atoms with Crippen molar-refractivity contribution in [1.82, 2.24) is 10.3 Å². The zero-order valence-corrected chi connectivity index (χ0v) is 12.3. The van der Waals surface area contributed by atoms with Gasteiger partial charge in [-0.25, -0.2) is 0 Å². The fraction of sp³-hybridized carbons (Fsp3) is 0.353. The number of pyridine rings is 1. The third-order valence-corrected chi connectivity index (χ3v) is 3.11. The summed E-state index contributed by atoms with van der Waals surface area (Å²) in [5.74, 6) is 0.840. The summed E-state index contributed by atoms with van der Waals surface area (Å²) >= 11 is 0. The molecule has 1 aromatic heterocycles. The van der Waals surface area contributed by atoms with E-state index in [1.165, 1.54) is 5.56 Å². The van der Waals surface area contributed by atoms with Crippen LogP contribution in [0.4, 0.5) is 0 Å². The Hall–Kier alpha value is -1.87. The molecule has 2 rings (SSSR count). The maximum Gasteiger partial charge on any atom is 0.141 e. The highest BCUT2D eigenvalue weighted by atomic mass is 16.5. The van der Waals surface area contributed by atoms with E-state index in [4.69, 9.17) is 4.74 Å². The third kappa shape index (κ3) is 4.07. The van der Waals surface area contributed by atoms with Crippen molar-refractivity contribution in [2.75, 3.05) is 6.54 Å². The Morgan fingerprint density at radius 2 is 1.85 bits per heavy atom. The summed E-state index contributed by atoms with van der Waals surface area (Å²) in [5, 5.41) is 3.44. The first-order chi connectivity index (χ1) is 9.66. The van der Waals surface area contributed by atoms with E-state index in [1.807, 2.05) is 37.3 Å². The molecule has 0 saturated carbocycles. The second-order valence-electron chi connectivity index (χ2n) is 5.17. The topological polar surface area (TPSA) is 34.1 Å². The van der Waals surface area contributed by atoms with Crippen LogP contribution in [0.1, 0.15) is 31.2 Å². The molecule has 1 unspecified atom stereocenters. The second kappa shape index (κ2) is 7.06. The molecule has 2 aromatic rings. The van der Waals surface area contributed by atoms with Crippen LogP contribution >= 0.6 is 0 Å². The van der Waals surface area contributed by atoms with E-state index in [-0.39, 0.29) is 6.10 Å². The van der Waals surface area contributed by atoms with Crippen LogP contribution in [-0.4, -0.2) is 17.6 Å². The highest BCUT2D eigenvalue weighted by Crippen LogP contribution is 2.23. The lowest BCUT2D eigenvalue weighted by atomic mass is 10.1. The van der Waals surface area contributed by atoms with Crippen molar-refractivity contribution in [2.45, 2.75) is 32.9 Å². The molecule has 0 aliphatic carbocycles. The number of nitrogens with zero attached hydrogens (tertiary/aromatic N) is 1. The van der Waals surface area contributed by atoms with Crippen LogP contribution in [0.15, 0.2) is 48.7 Å². The van der Waals surface area contributed by atoms with Crippen LogP contribution in [0.5, 0.6) is 5.75 Å². The number of benzene rings is 1. The summed E-state index contributed by atoms with van der Waals surface area (Å²) in [7, 11) is 0. The maximum atomic E-state index is 6.16. The van der Waals surface area contributed by atoms with E-state index in [1.54, 1.807) is 6.20 Å². The van der Waals surface area contributed by atoms with Crippen LogP contribution in [0.3, 0.4) is 0 Å². The molecule has 0 aliphatic rings. The zero-order valence-electron chi connectivity index (χ0n) is 12.3. The Morgan fingerprint density at radius 1 is 1.10 bits per heavy atom. The van der Waals surface area contributed by atoms with Crippen molar-refractivity contribution in [3.05, 3.63) is 59.9 Å². The minimum absolute atomic E-state index is 0.0125. The van der Waals surface area contributed by atoms with Crippen LogP contribution in [0, 0.1) is 6.92 Å². The van der Waals surface area contributed by atoms with Gasteiger partial charge in [-0.3, -0.25) is 4.98 Å². The lowest BCUT2D eigenvalue weighted by molar-refractivity contribution is 0.196. The van der Waals surface area contributed by atoms with Crippen molar-refractivity contribution in [3.63, 3.8) is 0 Å². The first-order valence-electron chi connectivity index (χ1n) is 7.03. The Bertz CT molecular complexity index is 526. The van der Waals surface area contributed by atoms with Crippen LogP contribution in [0.25, 0.3) is 0 Å². The minimum atomic E-state index is -0.0125. The van der Waals surface area contributed by atoms with E-state index in [9.17, 15) is 0 Å². The Labute approximate surface area is 121 Å². The number of ether oxygens (including phenoxy) is 1. The first kappa shape index (κ1) is 14.5. The number of nitrogens with one attached hydrogen (secondary N) is 1. The van der Waals surface area contributed by atoms with Crippen LogP contribution in [0.2, 0.25) is 0 Å². The molecule has 0 fully saturated rings. The number of aromatic nitrogens is 1. The van der Waals surface area contributed by atoms with Crippen LogP contribution < -0.4 is 10.1 Å². The van der Waals surface area contributed by atoms with Gasteiger partial charge in [0.1, 0.15) is 11.9 Å². The third-order valence-electron chi connectivity index (χ3n) is 3.11. The average Bonchev–Trinajstić information content (AvgIpc) is 2.46. The molecule has 0 spiro atoms. The average molecular weight is 270 g/mol. The standard InChI is InChI=1S/C17H22N2O/c1-13(2)19-12-17(15-8-5-4-6-9-15)20-16-10-7-11-18-14(16)3/h4-11,13,17,19H,12H2,1-3H3. The fourth-order valence-corrected chi connectivity index (χ4v) is 1.99. The molecular formula is C17H22N2O. The summed E-state index contributed by atoms with van der Waals surface area (Å²) in [5.41, 5.74) is 2.09. The maximum absolute atomic E-state index is 6.16. The number of hydrogen-bond acceptors (Lipinski definition) is 3. The van der Waals surface area contributed by atoms with Gasteiger partial charge in [-0.2, -0.15) is 0 Å². The minimum Gasteiger partial charge on any atom is -0.482 e. The fourth-order valence-electron chi connectivity index (χ4n) is 1.99. The quantitative estimate of drug-likeness (QED) is 0.872.